The predicted octanol–water partition coefficient (Wildman–Crippen LogP) is 3.88. The van der Waals surface area contributed by atoms with Crippen molar-refractivity contribution >= 4 is 16.7 Å². The molecule has 102 valence electrons. The minimum Gasteiger partial charge on any atom is -0.354 e. The highest BCUT2D eigenvalue weighted by Crippen LogP contribution is 2.29. The number of nitrogens with zero attached hydrogens (tertiary/aromatic N) is 3. The van der Waals surface area contributed by atoms with E-state index in [9.17, 15) is 5.26 Å². The van der Waals surface area contributed by atoms with Gasteiger partial charge in [0, 0.05) is 18.0 Å². The number of benzene rings is 1. The quantitative estimate of drug-likeness (QED) is 0.845. The molecule has 1 aliphatic rings. The van der Waals surface area contributed by atoms with Gasteiger partial charge in [0.05, 0.1) is 17.1 Å². The highest BCUT2D eigenvalue weighted by atomic mass is 15.2. The Morgan fingerprint density at radius 1 is 1.30 bits per heavy atom. The van der Waals surface area contributed by atoms with Crippen LogP contribution in [0.4, 0.5) is 5.82 Å². The third kappa shape index (κ3) is 2.22. The maximum atomic E-state index is 9.38. The van der Waals surface area contributed by atoms with Crippen molar-refractivity contribution in [3.05, 3.63) is 35.9 Å². The number of aromatic nitrogens is 1. The number of rotatable bonds is 3. The summed E-state index contributed by atoms with van der Waals surface area (Å²) in [5, 5.41) is 10.3. The van der Waals surface area contributed by atoms with Gasteiger partial charge in [-0.05, 0) is 31.9 Å². The lowest BCUT2D eigenvalue weighted by molar-refractivity contribution is 0.614. The molecule has 0 aliphatic heterocycles. The minimum atomic E-state index is 0.584. The van der Waals surface area contributed by atoms with Crippen LogP contribution in [0, 0.1) is 11.3 Å². The average molecular weight is 265 g/mol. The Morgan fingerprint density at radius 3 is 2.75 bits per heavy atom. The van der Waals surface area contributed by atoms with Crippen LogP contribution in [0.1, 0.15) is 38.2 Å². The first-order valence-corrected chi connectivity index (χ1v) is 7.40. The fourth-order valence-electron chi connectivity index (χ4n) is 3.22. The molecule has 1 aromatic carbocycles. The molecule has 0 bridgehead atoms. The van der Waals surface area contributed by atoms with Crippen LogP contribution in [0.15, 0.2) is 30.3 Å². The summed E-state index contributed by atoms with van der Waals surface area (Å²) >= 11 is 0. The largest absolute Gasteiger partial charge is 0.354 e. The predicted molar refractivity (Wildman–Crippen MR) is 81.7 cm³/mol. The third-order valence-electron chi connectivity index (χ3n) is 4.22. The summed E-state index contributed by atoms with van der Waals surface area (Å²) < 4.78 is 0. The average Bonchev–Trinajstić information content (AvgIpc) is 3.01. The zero-order valence-electron chi connectivity index (χ0n) is 11.8. The summed E-state index contributed by atoms with van der Waals surface area (Å²) in [5.74, 6) is 0.953. The topological polar surface area (TPSA) is 39.9 Å². The van der Waals surface area contributed by atoms with Crippen LogP contribution < -0.4 is 4.90 Å². The first-order valence-electron chi connectivity index (χ1n) is 7.40. The number of nitriles is 1. The molecule has 3 rings (SSSR count). The third-order valence-corrected chi connectivity index (χ3v) is 4.22. The van der Waals surface area contributed by atoms with Crippen molar-refractivity contribution in [3.63, 3.8) is 0 Å². The summed E-state index contributed by atoms with van der Waals surface area (Å²) in [6.07, 6.45) is 5.09. The Morgan fingerprint density at radius 2 is 2.05 bits per heavy atom. The molecular weight excluding hydrogens is 246 g/mol. The van der Waals surface area contributed by atoms with Crippen LogP contribution in [0.2, 0.25) is 0 Å². The van der Waals surface area contributed by atoms with Crippen LogP contribution in [0.5, 0.6) is 0 Å². The van der Waals surface area contributed by atoms with Gasteiger partial charge in [0.1, 0.15) is 5.82 Å². The highest BCUT2D eigenvalue weighted by molar-refractivity contribution is 5.86. The normalized spacial score (nSPS) is 15.4. The van der Waals surface area contributed by atoms with Crippen molar-refractivity contribution in [2.75, 3.05) is 11.4 Å². The number of hydrogen-bond acceptors (Lipinski definition) is 3. The SMILES string of the molecule is CCN(c1cc(C#N)c2ccccc2n1)C1CCCC1. The minimum absolute atomic E-state index is 0.584. The molecule has 1 aliphatic carbocycles. The van der Waals surface area contributed by atoms with Gasteiger partial charge in [0.2, 0.25) is 0 Å². The van der Waals surface area contributed by atoms with Gasteiger partial charge in [0.15, 0.2) is 0 Å². The van der Waals surface area contributed by atoms with Crippen molar-refractivity contribution in [2.45, 2.75) is 38.6 Å². The molecule has 20 heavy (non-hydrogen) atoms. The fraction of sp³-hybridized carbons (Fsp3) is 0.412. The second kappa shape index (κ2) is 5.50. The first-order chi connectivity index (χ1) is 9.83. The van der Waals surface area contributed by atoms with E-state index in [0.29, 0.717) is 6.04 Å². The van der Waals surface area contributed by atoms with E-state index in [4.69, 9.17) is 4.98 Å². The van der Waals surface area contributed by atoms with Crippen molar-refractivity contribution in [3.8, 4) is 6.07 Å². The van der Waals surface area contributed by atoms with Gasteiger partial charge in [-0.15, -0.1) is 0 Å². The molecule has 1 heterocycles. The van der Waals surface area contributed by atoms with E-state index in [-0.39, 0.29) is 0 Å². The van der Waals surface area contributed by atoms with E-state index in [1.165, 1.54) is 25.7 Å². The smallest absolute Gasteiger partial charge is 0.130 e. The van der Waals surface area contributed by atoms with Crippen LogP contribution >= 0.6 is 0 Å². The van der Waals surface area contributed by atoms with Crippen molar-refractivity contribution in [2.24, 2.45) is 0 Å². The molecule has 1 aromatic heterocycles. The Hall–Kier alpha value is -2.08. The lowest BCUT2D eigenvalue weighted by atomic mass is 10.1. The van der Waals surface area contributed by atoms with Gasteiger partial charge in [-0.3, -0.25) is 0 Å². The fourth-order valence-corrected chi connectivity index (χ4v) is 3.22. The molecule has 0 N–H and O–H groups in total. The Balaban J connectivity index is 2.08. The van der Waals surface area contributed by atoms with E-state index in [1.807, 2.05) is 30.3 Å². The van der Waals surface area contributed by atoms with E-state index in [1.54, 1.807) is 0 Å². The molecule has 3 heteroatoms. The molecule has 0 radical (unpaired) electrons. The van der Waals surface area contributed by atoms with Crippen LogP contribution in [-0.2, 0) is 0 Å². The number of anilines is 1. The molecule has 2 aromatic rings. The van der Waals surface area contributed by atoms with Crippen molar-refractivity contribution < 1.29 is 0 Å². The molecule has 1 saturated carbocycles. The summed E-state index contributed by atoms with van der Waals surface area (Å²) in [4.78, 5) is 7.14. The maximum absolute atomic E-state index is 9.38. The maximum Gasteiger partial charge on any atom is 0.130 e. The summed E-state index contributed by atoms with van der Waals surface area (Å²) in [6, 6.07) is 12.7. The standard InChI is InChI=1S/C17H19N3/c1-2-20(14-7-3-4-8-14)17-11-13(12-18)15-9-5-6-10-16(15)19-17/h5-6,9-11,14H,2-4,7-8H2,1H3. The molecule has 0 atom stereocenters. The van der Waals surface area contributed by atoms with Gasteiger partial charge in [-0.2, -0.15) is 5.26 Å². The van der Waals surface area contributed by atoms with E-state index >= 15 is 0 Å². The molecule has 0 spiro atoms. The Bertz CT molecular complexity index is 651. The van der Waals surface area contributed by atoms with Gasteiger partial charge >= 0.3 is 0 Å². The lowest BCUT2D eigenvalue weighted by Gasteiger charge is -2.29. The molecule has 3 nitrogen and oxygen atoms in total. The number of fused-ring (bicyclic) bond motifs is 1. The monoisotopic (exact) mass is 265 g/mol. The zero-order chi connectivity index (χ0) is 13.9. The molecule has 0 amide bonds. The molecule has 1 fully saturated rings. The van der Waals surface area contributed by atoms with Gasteiger partial charge in [-0.1, -0.05) is 31.0 Å². The van der Waals surface area contributed by atoms with Gasteiger partial charge < -0.3 is 4.90 Å². The van der Waals surface area contributed by atoms with Crippen molar-refractivity contribution in [1.82, 2.24) is 4.98 Å². The highest BCUT2D eigenvalue weighted by Gasteiger charge is 2.23. The van der Waals surface area contributed by atoms with E-state index in [2.05, 4.69) is 17.9 Å². The first kappa shape index (κ1) is 12.9. The Labute approximate surface area is 119 Å². The summed E-state index contributed by atoms with van der Waals surface area (Å²) in [7, 11) is 0. The zero-order valence-corrected chi connectivity index (χ0v) is 11.8. The molecule has 0 unspecified atom stereocenters. The van der Waals surface area contributed by atoms with Crippen LogP contribution in [0.25, 0.3) is 10.9 Å². The van der Waals surface area contributed by atoms with E-state index in [0.717, 1.165) is 28.8 Å². The van der Waals surface area contributed by atoms with Crippen molar-refractivity contribution in [1.29, 1.82) is 5.26 Å². The number of para-hydroxylation sites is 1. The Kier molecular flexibility index (Phi) is 3.56. The van der Waals surface area contributed by atoms with Crippen LogP contribution in [-0.4, -0.2) is 17.6 Å². The van der Waals surface area contributed by atoms with Crippen LogP contribution in [0.3, 0.4) is 0 Å². The van der Waals surface area contributed by atoms with Gasteiger partial charge in [0.25, 0.3) is 0 Å². The van der Waals surface area contributed by atoms with Gasteiger partial charge in [-0.25, -0.2) is 4.98 Å². The molecular formula is C17H19N3. The summed E-state index contributed by atoms with van der Waals surface area (Å²) in [6.45, 7) is 3.11. The molecule has 0 saturated heterocycles. The second-order valence-corrected chi connectivity index (χ2v) is 5.38. The second-order valence-electron chi connectivity index (χ2n) is 5.38. The summed E-state index contributed by atoms with van der Waals surface area (Å²) in [5.41, 5.74) is 1.64. The number of pyridine rings is 1. The lowest BCUT2D eigenvalue weighted by Crippen LogP contribution is -2.33. The van der Waals surface area contributed by atoms with E-state index < -0.39 is 0 Å². The number of hydrogen-bond donors (Lipinski definition) is 0.